The van der Waals surface area contributed by atoms with Gasteiger partial charge in [-0.15, -0.1) is 0 Å². The third kappa shape index (κ3) is 3.79. The summed E-state index contributed by atoms with van der Waals surface area (Å²) in [7, 11) is 0. The molecule has 2 heterocycles. The molecule has 1 aliphatic heterocycles. The lowest BCUT2D eigenvalue weighted by atomic mass is 9.95. The Morgan fingerprint density at radius 3 is 2.68 bits per heavy atom. The summed E-state index contributed by atoms with van der Waals surface area (Å²) >= 11 is 0. The predicted octanol–water partition coefficient (Wildman–Crippen LogP) is 3.38. The molecule has 1 saturated carbocycles. The second-order valence-corrected chi connectivity index (χ2v) is 6.91. The highest BCUT2D eigenvalue weighted by molar-refractivity contribution is 5.94. The van der Waals surface area contributed by atoms with E-state index in [1.165, 1.54) is 32.1 Å². The Bertz CT molecular complexity index is 494. The van der Waals surface area contributed by atoms with Gasteiger partial charge in [-0.1, -0.05) is 26.2 Å². The summed E-state index contributed by atoms with van der Waals surface area (Å²) in [4.78, 5) is 19.1. The predicted molar refractivity (Wildman–Crippen MR) is 89.2 cm³/mol. The van der Waals surface area contributed by atoms with E-state index in [9.17, 15) is 4.79 Å². The highest BCUT2D eigenvalue weighted by Gasteiger charge is 2.19. The summed E-state index contributed by atoms with van der Waals surface area (Å²) in [5, 5.41) is 3.15. The van der Waals surface area contributed by atoms with Crippen molar-refractivity contribution in [1.82, 2.24) is 10.3 Å². The zero-order chi connectivity index (χ0) is 15.4. The van der Waals surface area contributed by atoms with E-state index >= 15 is 0 Å². The monoisotopic (exact) mass is 301 g/mol. The lowest BCUT2D eigenvalue weighted by molar-refractivity contribution is 0.0927. The fourth-order valence-corrected chi connectivity index (χ4v) is 3.62. The number of nitrogens with one attached hydrogen (secondary N) is 1. The van der Waals surface area contributed by atoms with E-state index in [1.807, 2.05) is 12.1 Å². The molecule has 0 aromatic carbocycles. The second kappa shape index (κ2) is 7.12. The molecule has 1 aromatic rings. The van der Waals surface area contributed by atoms with Gasteiger partial charge in [0.05, 0.1) is 5.56 Å². The minimum atomic E-state index is 0.0259. The highest BCUT2D eigenvalue weighted by Crippen LogP contribution is 2.21. The van der Waals surface area contributed by atoms with Gasteiger partial charge in [-0.3, -0.25) is 4.79 Å². The van der Waals surface area contributed by atoms with Gasteiger partial charge in [-0.2, -0.15) is 0 Å². The first-order chi connectivity index (χ1) is 10.7. The lowest BCUT2D eigenvalue weighted by Crippen LogP contribution is -2.36. The first-order valence-electron chi connectivity index (χ1n) is 8.74. The third-order valence-corrected chi connectivity index (χ3v) is 4.93. The SMILES string of the molecule is CC1CCCN(c2ccc(C(=O)NC3CCCCC3)cn2)C1. The number of hydrogen-bond acceptors (Lipinski definition) is 3. The Morgan fingerprint density at radius 1 is 1.18 bits per heavy atom. The maximum atomic E-state index is 12.3. The molecule has 1 amide bonds. The molecule has 4 heteroatoms. The summed E-state index contributed by atoms with van der Waals surface area (Å²) in [5.74, 6) is 1.75. The second-order valence-electron chi connectivity index (χ2n) is 6.91. The molecule has 4 nitrogen and oxygen atoms in total. The van der Waals surface area contributed by atoms with Crippen molar-refractivity contribution in [1.29, 1.82) is 0 Å². The number of amides is 1. The average Bonchev–Trinajstić information content (AvgIpc) is 2.56. The van der Waals surface area contributed by atoms with Crippen LogP contribution in [0.25, 0.3) is 0 Å². The Morgan fingerprint density at radius 2 is 2.00 bits per heavy atom. The van der Waals surface area contributed by atoms with Crippen LogP contribution < -0.4 is 10.2 Å². The first kappa shape index (κ1) is 15.3. The Kier molecular flexibility index (Phi) is 4.96. The number of pyridine rings is 1. The van der Waals surface area contributed by atoms with E-state index in [2.05, 4.69) is 22.1 Å². The molecule has 3 rings (SSSR count). The maximum Gasteiger partial charge on any atom is 0.253 e. The number of hydrogen-bond donors (Lipinski definition) is 1. The molecule has 1 aromatic heterocycles. The molecule has 1 aliphatic carbocycles. The summed E-state index contributed by atoms with van der Waals surface area (Å²) < 4.78 is 0. The van der Waals surface area contributed by atoms with Crippen molar-refractivity contribution in [3.63, 3.8) is 0 Å². The van der Waals surface area contributed by atoms with Crippen molar-refractivity contribution in [2.24, 2.45) is 5.92 Å². The molecule has 0 radical (unpaired) electrons. The number of anilines is 1. The number of piperidine rings is 1. The standard InChI is InChI=1S/C18H27N3O/c1-14-6-5-11-21(13-14)17-10-9-15(12-19-17)18(22)20-16-7-3-2-4-8-16/h9-10,12,14,16H,2-8,11,13H2,1H3,(H,20,22). The zero-order valence-electron chi connectivity index (χ0n) is 13.6. The number of nitrogens with zero attached hydrogens (tertiary/aromatic N) is 2. The molecule has 1 atom stereocenters. The number of carbonyl (C=O) groups is 1. The molecule has 2 aliphatic rings. The van der Waals surface area contributed by atoms with E-state index in [4.69, 9.17) is 0 Å². The van der Waals surface area contributed by atoms with Crippen molar-refractivity contribution in [3.8, 4) is 0 Å². The largest absolute Gasteiger partial charge is 0.356 e. The third-order valence-electron chi connectivity index (χ3n) is 4.93. The Hall–Kier alpha value is -1.58. The van der Waals surface area contributed by atoms with E-state index in [1.54, 1.807) is 6.20 Å². The average molecular weight is 301 g/mol. The molecule has 1 unspecified atom stereocenters. The van der Waals surface area contributed by atoms with Crippen LogP contribution >= 0.6 is 0 Å². The van der Waals surface area contributed by atoms with Crippen LogP contribution in [0.15, 0.2) is 18.3 Å². The Balaban J connectivity index is 1.59. The van der Waals surface area contributed by atoms with Crippen molar-refractivity contribution in [2.45, 2.75) is 57.9 Å². The summed E-state index contributed by atoms with van der Waals surface area (Å²) in [6, 6.07) is 4.26. The molecule has 120 valence electrons. The highest BCUT2D eigenvalue weighted by atomic mass is 16.1. The molecule has 0 bridgehead atoms. The summed E-state index contributed by atoms with van der Waals surface area (Å²) in [6.45, 7) is 4.43. The minimum Gasteiger partial charge on any atom is -0.356 e. The van der Waals surface area contributed by atoms with Crippen LogP contribution in [0.2, 0.25) is 0 Å². The van der Waals surface area contributed by atoms with Gasteiger partial charge in [0.1, 0.15) is 5.82 Å². The van der Waals surface area contributed by atoms with Gasteiger partial charge < -0.3 is 10.2 Å². The molecular weight excluding hydrogens is 274 g/mol. The van der Waals surface area contributed by atoms with Crippen molar-refractivity contribution in [2.75, 3.05) is 18.0 Å². The van der Waals surface area contributed by atoms with Gasteiger partial charge in [-0.05, 0) is 43.7 Å². The van der Waals surface area contributed by atoms with Crippen molar-refractivity contribution in [3.05, 3.63) is 23.9 Å². The fourth-order valence-electron chi connectivity index (χ4n) is 3.62. The molecular formula is C18H27N3O. The van der Waals surface area contributed by atoms with Crippen molar-refractivity contribution >= 4 is 11.7 Å². The molecule has 0 spiro atoms. The van der Waals surface area contributed by atoms with Gasteiger partial charge >= 0.3 is 0 Å². The quantitative estimate of drug-likeness (QED) is 0.931. The maximum absolute atomic E-state index is 12.3. The number of rotatable bonds is 3. The fraction of sp³-hybridized carbons (Fsp3) is 0.667. The smallest absolute Gasteiger partial charge is 0.253 e. The van der Waals surface area contributed by atoms with Crippen LogP contribution in [0.4, 0.5) is 5.82 Å². The van der Waals surface area contributed by atoms with Crippen LogP contribution in [0.3, 0.4) is 0 Å². The van der Waals surface area contributed by atoms with Crippen LogP contribution in [-0.2, 0) is 0 Å². The van der Waals surface area contributed by atoms with Crippen LogP contribution in [-0.4, -0.2) is 30.0 Å². The first-order valence-corrected chi connectivity index (χ1v) is 8.74. The topological polar surface area (TPSA) is 45.2 Å². The van der Waals surface area contributed by atoms with Crippen LogP contribution in [0.5, 0.6) is 0 Å². The molecule has 22 heavy (non-hydrogen) atoms. The van der Waals surface area contributed by atoms with E-state index in [0.717, 1.165) is 37.7 Å². The molecule has 2 fully saturated rings. The van der Waals surface area contributed by atoms with Gasteiger partial charge in [0.2, 0.25) is 0 Å². The zero-order valence-corrected chi connectivity index (χ0v) is 13.6. The van der Waals surface area contributed by atoms with Gasteiger partial charge in [-0.25, -0.2) is 4.98 Å². The number of carbonyl (C=O) groups excluding carboxylic acids is 1. The van der Waals surface area contributed by atoms with E-state index < -0.39 is 0 Å². The molecule has 1 N–H and O–H groups in total. The van der Waals surface area contributed by atoms with Gasteiger partial charge in [0.15, 0.2) is 0 Å². The normalized spacial score (nSPS) is 23.3. The summed E-state index contributed by atoms with van der Waals surface area (Å²) in [6.07, 6.45) is 10.3. The van der Waals surface area contributed by atoms with Crippen LogP contribution in [0, 0.1) is 5.92 Å². The minimum absolute atomic E-state index is 0.0259. The van der Waals surface area contributed by atoms with E-state index in [0.29, 0.717) is 11.6 Å². The number of aromatic nitrogens is 1. The van der Waals surface area contributed by atoms with Crippen LogP contribution in [0.1, 0.15) is 62.2 Å². The Labute approximate surface area is 133 Å². The van der Waals surface area contributed by atoms with Gasteiger partial charge in [0.25, 0.3) is 5.91 Å². The van der Waals surface area contributed by atoms with Gasteiger partial charge in [0, 0.05) is 25.3 Å². The lowest BCUT2D eigenvalue weighted by Gasteiger charge is -2.31. The molecule has 1 saturated heterocycles. The summed E-state index contributed by atoms with van der Waals surface area (Å²) in [5.41, 5.74) is 0.680. The van der Waals surface area contributed by atoms with E-state index in [-0.39, 0.29) is 5.91 Å². The van der Waals surface area contributed by atoms with Crippen molar-refractivity contribution < 1.29 is 4.79 Å².